The highest BCUT2D eigenvalue weighted by Gasteiger charge is 2.24. The second kappa shape index (κ2) is 9.55. The number of benzene rings is 1. The van der Waals surface area contributed by atoms with E-state index >= 15 is 0 Å². The number of nitrogens with one attached hydrogen (secondary N) is 1. The van der Waals surface area contributed by atoms with Crippen LogP contribution < -0.4 is 5.32 Å². The molecule has 0 bridgehead atoms. The van der Waals surface area contributed by atoms with Crippen LogP contribution in [0.15, 0.2) is 66.0 Å². The van der Waals surface area contributed by atoms with E-state index in [1.165, 1.54) is 0 Å². The number of imidazole rings is 1. The lowest BCUT2D eigenvalue weighted by atomic mass is 9.82. The van der Waals surface area contributed by atoms with Crippen molar-refractivity contribution in [3.63, 3.8) is 0 Å². The molecule has 1 aliphatic rings. The van der Waals surface area contributed by atoms with E-state index in [-0.39, 0.29) is 11.8 Å². The molecule has 4 aromatic rings. The number of hydrogen-bond acceptors (Lipinski definition) is 5. The Hall–Kier alpha value is -3.87. The van der Waals surface area contributed by atoms with E-state index in [2.05, 4.69) is 49.1 Å². The maximum absolute atomic E-state index is 11.9. The molecule has 7 heteroatoms. The number of aliphatic imine (C=N–C) groups is 1. The molecule has 1 aliphatic carbocycles. The summed E-state index contributed by atoms with van der Waals surface area (Å²) in [6.07, 6.45) is 11.4. The third-order valence-corrected chi connectivity index (χ3v) is 6.60. The molecule has 1 saturated carbocycles. The molecule has 7 nitrogen and oxygen atoms in total. The average molecular weight is 453 g/mol. The minimum atomic E-state index is 0.118. The number of hydrogen-bond donors (Lipinski definition) is 1. The van der Waals surface area contributed by atoms with E-state index in [1.54, 1.807) is 7.05 Å². The van der Waals surface area contributed by atoms with Gasteiger partial charge < -0.3 is 5.32 Å². The zero-order valence-electron chi connectivity index (χ0n) is 19.5. The van der Waals surface area contributed by atoms with Gasteiger partial charge in [0, 0.05) is 31.6 Å². The normalized spacial score (nSPS) is 18.4. The summed E-state index contributed by atoms with van der Waals surface area (Å²) in [5.74, 6) is 1.06. The molecule has 3 aromatic heterocycles. The van der Waals surface area contributed by atoms with Crippen LogP contribution in [0, 0.1) is 18.8 Å². The number of aromatic nitrogens is 4. The quantitative estimate of drug-likeness (QED) is 0.431. The lowest BCUT2D eigenvalue weighted by Crippen LogP contribution is -2.30. The van der Waals surface area contributed by atoms with Gasteiger partial charge in [0.1, 0.15) is 5.65 Å². The Morgan fingerprint density at radius 2 is 1.82 bits per heavy atom. The van der Waals surface area contributed by atoms with Crippen LogP contribution in [0.25, 0.3) is 28.2 Å². The van der Waals surface area contributed by atoms with Gasteiger partial charge in [0.25, 0.3) is 0 Å². The fourth-order valence-electron chi connectivity index (χ4n) is 4.62. The fourth-order valence-corrected chi connectivity index (χ4v) is 4.62. The first-order valence-corrected chi connectivity index (χ1v) is 11.7. The second-order valence-electron chi connectivity index (χ2n) is 8.86. The Balaban J connectivity index is 1.40. The molecule has 5 rings (SSSR count). The van der Waals surface area contributed by atoms with Crippen LogP contribution >= 0.6 is 0 Å². The van der Waals surface area contributed by atoms with Gasteiger partial charge in [0.05, 0.1) is 17.6 Å². The summed E-state index contributed by atoms with van der Waals surface area (Å²) in [4.78, 5) is 30.2. The number of carbonyl (C=O) groups is 1. The first kappa shape index (κ1) is 21.9. The molecular formula is C27H28N6O. The number of nitrogens with zero attached hydrogens (tertiary/aromatic N) is 5. The highest BCUT2D eigenvalue weighted by molar-refractivity contribution is 5.78. The summed E-state index contributed by atoms with van der Waals surface area (Å²) in [5.41, 5.74) is 5.84. The van der Waals surface area contributed by atoms with Crippen LogP contribution in [0.1, 0.15) is 31.2 Å². The molecule has 0 atom stereocenters. The molecule has 1 aromatic carbocycles. The summed E-state index contributed by atoms with van der Waals surface area (Å²) in [6, 6.07) is 14.4. The van der Waals surface area contributed by atoms with Crippen molar-refractivity contribution in [2.45, 2.75) is 32.6 Å². The van der Waals surface area contributed by atoms with Gasteiger partial charge in [-0.1, -0.05) is 30.3 Å². The number of amides is 1. The smallest absolute Gasteiger partial charge is 0.249 e. The highest BCUT2D eigenvalue weighted by atomic mass is 16.1. The van der Waals surface area contributed by atoms with Crippen LogP contribution in [-0.2, 0) is 4.79 Å². The molecule has 1 amide bonds. The van der Waals surface area contributed by atoms with Gasteiger partial charge >= 0.3 is 0 Å². The Morgan fingerprint density at radius 1 is 1.03 bits per heavy atom. The monoisotopic (exact) mass is 452 g/mol. The highest BCUT2D eigenvalue weighted by Crippen LogP contribution is 2.29. The number of fused-ring (bicyclic) bond motifs is 1. The van der Waals surface area contributed by atoms with E-state index in [4.69, 9.17) is 4.98 Å². The van der Waals surface area contributed by atoms with Gasteiger partial charge in [-0.2, -0.15) is 0 Å². The Morgan fingerprint density at radius 3 is 2.59 bits per heavy atom. The van der Waals surface area contributed by atoms with Gasteiger partial charge in [-0.25, -0.2) is 19.9 Å². The molecular weight excluding hydrogens is 424 g/mol. The van der Waals surface area contributed by atoms with E-state index in [9.17, 15) is 4.79 Å². The molecule has 172 valence electrons. The average Bonchev–Trinajstić information content (AvgIpc) is 3.31. The van der Waals surface area contributed by atoms with Crippen molar-refractivity contribution in [2.75, 3.05) is 7.05 Å². The first-order chi connectivity index (χ1) is 16.6. The lowest BCUT2D eigenvalue weighted by molar-refractivity contribution is -0.125. The third-order valence-electron chi connectivity index (χ3n) is 6.60. The molecule has 0 saturated heterocycles. The lowest BCUT2D eigenvalue weighted by Gasteiger charge is -2.24. The van der Waals surface area contributed by atoms with E-state index in [0.29, 0.717) is 11.9 Å². The molecule has 34 heavy (non-hydrogen) atoms. The number of rotatable bonds is 5. The molecule has 0 aliphatic heterocycles. The molecule has 0 unspecified atom stereocenters. The van der Waals surface area contributed by atoms with Crippen molar-refractivity contribution < 1.29 is 4.79 Å². The summed E-state index contributed by atoms with van der Waals surface area (Å²) >= 11 is 0. The molecule has 1 fully saturated rings. The summed E-state index contributed by atoms with van der Waals surface area (Å²) in [7, 11) is 1.70. The minimum Gasteiger partial charge on any atom is -0.359 e. The minimum absolute atomic E-state index is 0.118. The van der Waals surface area contributed by atoms with Crippen LogP contribution in [0.5, 0.6) is 0 Å². The Kier molecular flexibility index (Phi) is 6.16. The second-order valence-corrected chi connectivity index (χ2v) is 8.86. The SMILES string of the molecule is CNC(=O)C1CCC(/C=N/c2ncc(C)c(-c3cnc4ccc(-c5ccccc5)cn34)n2)CC1. The number of aryl methyl sites for hydroxylation is 1. The maximum atomic E-state index is 11.9. The van der Waals surface area contributed by atoms with Crippen molar-refractivity contribution >= 4 is 23.7 Å². The molecule has 3 heterocycles. The Labute approximate surface area is 199 Å². The fraction of sp³-hybridized carbons (Fsp3) is 0.296. The standard InChI is InChI=1S/C27H28N6O/c1-18-14-30-27(31-15-19-8-10-21(11-9-19)26(34)28-2)32-25(18)23-16-29-24-13-12-22(17-33(23)24)20-6-4-3-5-7-20/h3-7,12-17,19,21H,8-11H2,1-2H3,(H,28,34)/b31-15+. The summed E-state index contributed by atoms with van der Waals surface area (Å²) < 4.78 is 2.07. The van der Waals surface area contributed by atoms with Gasteiger partial charge in [-0.3, -0.25) is 9.20 Å². The zero-order valence-corrected chi connectivity index (χ0v) is 19.5. The van der Waals surface area contributed by atoms with Gasteiger partial charge in [-0.15, -0.1) is 0 Å². The maximum Gasteiger partial charge on any atom is 0.249 e. The number of carbonyl (C=O) groups excluding carboxylic acids is 1. The number of pyridine rings is 1. The summed E-state index contributed by atoms with van der Waals surface area (Å²) in [5, 5.41) is 2.76. The van der Waals surface area contributed by atoms with Crippen LogP contribution in [0.2, 0.25) is 0 Å². The predicted octanol–water partition coefficient (Wildman–Crippen LogP) is 5.02. The van der Waals surface area contributed by atoms with E-state index in [1.807, 2.05) is 49.8 Å². The van der Waals surface area contributed by atoms with Crippen molar-refractivity contribution in [1.82, 2.24) is 24.7 Å². The molecule has 0 spiro atoms. The third kappa shape index (κ3) is 4.46. The van der Waals surface area contributed by atoms with E-state index < -0.39 is 0 Å². The summed E-state index contributed by atoms with van der Waals surface area (Å²) in [6.45, 7) is 2.00. The predicted molar refractivity (Wildman–Crippen MR) is 134 cm³/mol. The van der Waals surface area contributed by atoms with Gasteiger partial charge in [0.15, 0.2) is 0 Å². The molecule has 1 N–H and O–H groups in total. The van der Waals surface area contributed by atoms with Crippen LogP contribution in [0.3, 0.4) is 0 Å². The largest absolute Gasteiger partial charge is 0.359 e. The van der Waals surface area contributed by atoms with Crippen molar-refractivity contribution in [2.24, 2.45) is 16.8 Å². The molecule has 0 radical (unpaired) electrons. The topological polar surface area (TPSA) is 84.5 Å². The Bertz CT molecular complexity index is 1340. The van der Waals surface area contributed by atoms with Crippen LogP contribution in [0.4, 0.5) is 5.95 Å². The van der Waals surface area contributed by atoms with Crippen molar-refractivity contribution in [3.8, 4) is 22.5 Å². The zero-order chi connectivity index (χ0) is 23.5. The van der Waals surface area contributed by atoms with Gasteiger partial charge in [0.2, 0.25) is 11.9 Å². The van der Waals surface area contributed by atoms with Crippen LogP contribution in [-0.4, -0.2) is 38.5 Å². The van der Waals surface area contributed by atoms with Gasteiger partial charge in [-0.05, 0) is 67.3 Å². The first-order valence-electron chi connectivity index (χ1n) is 11.7. The van der Waals surface area contributed by atoms with Crippen molar-refractivity contribution in [1.29, 1.82) is 0 Å². The van der Waals surface area contributed by atoms with Crippen molar-refractivity contribution in [3.05, 3.63) is 66.6 Å². The van der Waals surface area contributed by atoms with E-state index in [0.717, 1.165) is 59.4 Å².